The number of aromatic nitrogens is 1. The lowest BCUT2D eigenvalue weighted by Gasteiger charge is -2.17. The molecule has 1 fully saturated rings. The van der Waals surface area contributed by atoms with E-state index in [2.05, 4.69) is 26.2 Å². The van der Waals surface area contributed by atoms with Crippen molar-refractivity contribution < 1.29 is 9.18 Å². The Morgan fingerprint density at radius 2 is 2.47 bits per heavy atom. The lowest BCUT2D eigenvalue weighted by Crippen LogP contribution is -2.30. The van der Waals surface area contributed by atoms with Crippen LogP contribution < -0.4 is 10.2 Å². The highest BCUT2D eigenvalue weighted by Crippen LogP contribution is 2.25. The van der Waals surface area contributed by atoms with Crippen LogP contribution in [0, 0.1) is 11.7 Å². The summed E-state index contributed by atoms with van der Waals surface area (Å²) >= 11 is 3.17. The van der Waals surface area contributed by atoms with Crippen molar-refractivity contribution >= 4 is 27.7 Å². The molecule has 17 heavy (non-hydrogen) atoms. The molecule has 0 bridgehead atoms. The third-order valence-corrected chi connectivity index (χ3v) is 3.33. The number of amides is 1. The maximum atomic E-state index is 13.7. The normalized spacial score (nSPS) is 19.5. The van der Waals surface area contributed by atoms with Crippen molar-refractivity contribution in [3.05, 3.63) is 22.6 Å². The fourth-order valence-corrected chi connectivity index (χ4v) is 2.31. The van der Waals surface area contributed by atoms with E-state index in [1.165, 1.54) is 6.07 Å². The van der Waals surface area contributed by atoms with E-state index in [1.807, 2.05) is 4.90 Å². The summed E-state index contributed by atoms with van der Waals surface area (Å²) in [4.78, 5) is 17.3. The molecule has 92 valence electrons. The van der Waals surface area contributed by atoms with Crippen LogP contribution in [-0.2, 0) is 4.79 Å². The number of rotatable bonds is 2. The second kappa shape index (κ2) is 5.00. The minimum atomic E-state index is -0.364. The summed E-state index contributed by atoms with van der Waals surface area (Å²) in [6.07, 6.45) is 2.29. The smallest absolute Gasteiger partial charge is 0.224 e. The Morgan fingerprint density at radius 3 is 3.12 bits per heavy atom. The Balaban J connectivity index is 2.12. The fraction of sp³-hybridized carbons (Fsp3) is 0.455. The van der Waals surface area contributed by atoms with Gasteiger partial charge in [-0.15, -0.1) is 0 Å². The van der Waals surface area contributed by atoms with Gasteiger partial charge in [-0.2, -0.15) is 0 Å². The number of carbonyl (C=O) groups is 1. The molecule has 0 spiro atoms. The molecule has 2 heterocycles. The number of halogens is 2. The zero-order chi connectivity index (χ0) is 12.4. The molecule has 1 aromatic heterocycles. The monoisotopic (exact) mass is 301 g/mol. The fourth-order valence-electron chi connectivity index (χ4n) is 2.01. The van der Waals surface area contributed by atoms with Crippen LogP contribution in [0.2, 0.25) is 0 Å². The predicted octanol–water partition coefficient (Wildman–Crippen LogP) is 1.56. The van der Waals surface area contributed by atoms with Crippen molar-refractivity contribution in [3.8, 4) is 0 Å². The molecule has 4 nitrogen and oxygen atoms in total. The summed E-state index contributed by atoms with van der Waals surface area (Å²) in [5, 5.41) is 2.62. The first-order valence-corrected chi connectivity index (χ1v) is 6.18. The van der Waals surface area contributed by atoms with E-state index in [0.29, 0.717) is 23.4 Å². The van der Waals surface area contributed by atoms with Gasteiger partial charge in [-0.3, -0.25) is 4.79 Å². The lowest BCUT2D eigenvalue weighted by molar-refractivity contribution is -0.123. The topological polar surface area (TPSA) is 45.2 Å². The number of nitrogens with zero attached hydrogens (tertiary/aromatic N) is 2. The number of nitrogens with one attached hydrogen (secondary N) is 1. The molecule has 2 rings (SSSR count). The standard InChI is InChI=1S/C11H13BrFN3O/c1-14-11(17)7-2-3-16(6-7)10-9(13)4-8(12)5-15-10/h4-5,7H,2-3,6H2,1H3,(H,14,17). The average molecular weight is 302 g/mol. The molecule has 1 atom stereocenters. The molecule has 1 unspecified atom stereocenters. The molecule has 1 N–H and O–H groups in total. The summed E-state index contributed by atoms with van der Waals surface area (Å²) in [7, 11) is 1.61. The SMILES string of the molecule is CNC(=O)C1CCN(c2ncc(Br)cc2F)C1. The highest BCUT2D eigenvalue weighted by atomic mass is 79.9. The van der Waals surface area contributed by atoms with Crippen LogP contribution in [0.15, 0.2) is 16.7 Å². The van der Waals surface area contributed by atoms with E-state index in [1.54, 1.807) is 13.2 Å². The van der Waals surface area contributed by atoms with Gasteiger partial charge in [0.2, 0.25) is 5.91 Å². The molecule has 0 radical (unpaired) electrons. The Kier molecular flexibility index (Phi) is 3.61. The molecular formula is C11H13BrFN3O. The van der Waals surface area contributed by atoms with Crippen LogP contribution in [0.3, 0.4) is 0 Å². The molecule has 6 heteroatoms. The van der Waals surface area contributed by atoms with Crippen LogP contribution >= 0.6 is 15.9 Å². The minimum Gasteiger partial charge on any atom is -0.359 e. The predicted molar refractivity (Wildman–Crippen MR) is 66.3 cm³/mol. The van der Waals surface area contributed by atoms with Crippen LogP contribution in [0.5, 0.6) is 0 Å². The zero-order valence-corrected chi connectivity index (χ0v) is 11.0. The van der Waals surface area contributed by atoms with Gasteiger partial charge < -0.3 is 10.2 Å². The number of hydrogen-bond donors (Lipinski definition) is 1. The average Bonchev–Trinajstić information content (AvgIpc) is 2.77. The maximum absolute atomic E-state index is 13.7. The van der Waals surface area contributed by atoms with Crippen molar-refractivity contribution in [1.82, 2.24) is 10.3 Å². The van der Waals surface area contributed by atoms with Gasteiger partial charge in [0.05, 0.1) is 5.92 Å². The van der Waals surface area contributed by atoms with Crippen molar-refractivity contribution in [2.24, 2.45) is 5.92 Å². The third-order valence-electron chi connectivity index (χ3n) is 2.89. The summed E-state index contributed by atoms with van der Waals surface area (Å²) in [6, 6.07) is 1.38. The highest BCUT2D eigenvalue weighted by molar-refractivity contribution is 9.10. The van der Waals surface area contributed by atoms with E-state index in [0.717, 1.165) is 6.42 Å². The Morgan fingerprint density at radius 1 is 1.71 bits per heavy atom. The second-order valence-electron chi connectivity index (χ2n) is 4.00. The van der Waals surface area contributed by atoms with Gasteiger partial charge in [0, 0.05) is 30.8 Å². The van der Waals surface area contributed by atoms with E-state index >= 15 is 0 Å². The number of anilines is 1. The van der Waals surface area contributed by atoms with Crippen molar-refractivity contribution in [1.29, 1.82) is 0 Å². The largest absolute Gasteiger partial charge is 0.359 e. The van der Waals surface area contributed by atoms with E-state index in [-0.39, 0.29) is 17.6 Å². The molecule has 1 saturated heterocycles. The Labute approximate surface area is 107 Å². The van der Waals surface area contributed by atoms with Gasteiger partial charge in [0.25, 0.3) is 0 Å². The zero-order valence-electron chi connectivity index (χ0n) is 9.41. The molecule has 0 saturated carbocycles. The Bertz CT molecular complexity index is 441. The van der Waals surface area contributed by atoms with Gasteiger partial charge in [0.1, 0.15) is 0 Å². The first-order chi connectivity index (χ1) is 8.11. The summed E-state index contributed by atoms with van der Waals surface area (Å²) in [5.41, 5.74) is 0. The number of pyridine rings is 1. The van der Waals surface area contributed by atoms with E-state index < -0.39 is 0 Å². The molecule has 1 amide bonds. The number of hydrogen-bond acceptors (Lipinski definition) is 3. The molecule has 1 aliphatic heterocycles. The second-order valence-corrected chi connectivity index (χ2v) is 4.92. The molecule has 1 aliphatic rings. The summed E-state index contributed by atoms with van der Waals surface area (Å²) in [6.45, 7) is 1.18. The van der Waals surface area contributed by atoms with Gasteiger partial charge >= 0.3 is 0 Å². The van der Waals surface area contributed by atoms with Gasteiger partial charge in [-0.05, 0) is 28.4 Å². The van der Waals surface area contributed by atoms with Crippen molar-refractivity contribution in [2.75, 3.05) is 25.0 Å². The third kappa shape index (κ3) is 2.57. The van der Waals surface area contributed by atoms with Gasteiger partial charge in [-0.25, -0.2) is 9.37 Å². The minimum absolute atomic E-state index is 0.00465. The first kappa shape index (κ1) is 12.3. The van der Waals surface area contributed by atoms with Gasteiger partial charge in [0.15, 0.2) is 11.6 Å². The van der Waals surface area contributed by atoms with Crippen LogP contribution in [0.1, 0.15) is 6.42 Å². The van der Waals surface area contributed by atoms with Crippen LogP contribution in [0.25, 0.3) is 0 Å². The van der Waals surface area contributed by atoms with E-state index in [9.17, 15) is 9.18 Å². The van der Waals surface area contributed by atoms with Crippen molar-refractivity contribution in [3.63, 3.8) is 0 Å². The van der Waals surface area contributed by atoms with Crippen LogP contribution in [-0.4, -0.2) is 31.0 Å². The molecule has 1 aromatic rings. The first-order valence-electron chi connectivity index (χ1n) is 5.39. The lowest BCUT2D eigenvalue weighted by atomic mass is 10.1. The summed E-state index contributed by atoms with van der Waals surface area (Å²) < 4.78 is 14.3. The highest BCUT2D eigenvalue weighted by Gasteiger charge is 2.29. The maximum Gasteiger partial charge on any atom is 0.224 e. The Hall–Kier alpha value is -1.17. The van der Waals surface area contributed by atoms with Crippen LogP contribution in [0.4, 0.5) is 10.2 Å². The quantitative estimate of drug-likeness (QED) is 0.901. The summed E-state index contributed by atoms with van der Waals surface area (Å²) in [5.74, 6) is -0.119. The van der Waals surface area contributed by atoms with Gasteiger partial charge in [-0.1, -0.05) is 0 Å². The molecule has 0 aliphatic carbocycles. The van der Waals surface area contributed by atoms with Crippen molar-refractivity contribution in [2.45, 2.75) is 6.42 Å². The molecule has 0 aromatic carbocycles. The molecular weight excluding hydrogens is 289 g/mol. The number of carbonyl (C=O) groups excluding carboxylic acids is 1. The van der Waals surface area contributed by atoms with E-state index in [4.69, 9.17) is 0 Å².